The van der Waals surface area contributed by atoms with Crippen LogP contribution < -0.4 is 0 Å². The maximum absolute atomic E-state index is 2.77. The third-order valence-electron chi connectivity index (χ3n) is 10.6. The number of hydrogen-bond acceptors (Lipinski definition) is 0. The van der Waals surface area contributed by atoms with Gasteiger partial charge < -0.3 is 0 Å². The summed E-state index contributed by atoms with van der Waals surface area (Å²) in [7, 11) is 0. The Labute approximate surface area is 195 Å². The van der Waals surface area contributed by atoms with Crippen molar-refractivity contribution in [1.82, 2.24) is 0 Å². The van der Waals surface area contributed by atoms with Gasteiger partial charge in [0.2, 0.25) is 0 Å². The molecule has 4 rings (SSSR count). The first-order valence-corrected chi connectivity index (χ1v) is 14.6. The summed E-state index contributed by atoms with van der Waals surface area (Å²) in [6.45, 7) is 12.8. The fourth-order valence-corrected chi connectivity index (χ4v) is 9.64. The highest BCUT2D eigenvalue weighted by atomic mass is 127. The monoisotopic (exact) mass is 510 g/mol. The maximum Gasteiger partial charge on any atom is 0.00267 e. The fraction of sp³-hybridized carbons (Fsp3) is 0.929. The van der Waals surface area contributed by atoms with Gasteiger partial charge in [0.05, 0.1) is 0 Å². The minimum atomic E-state index is 0.549. The molecule has 4 aliphatic rings. The molecule has 0 unspecified atom stereocenters. The van der Waals surface area contributed by atoms with Gasteiger partial charge in [-0.3, -0.25) is 0 Å². The molecule has 0 saturated heterocycles. The van der Waals surface area contributed by atoms with Gasteiger partial charge in [-0.15, -0.1) is 0 Å². The zero-order chi connectivity index (χ0) is 20.8. The van der Waals surface area contributed by atoms with Gasteiger partial charge in [0.1, 0.15) is 0 Å². The van der Waals surface area contributed by atoms with Crippen molar-refractivity contribution < 1.29 is 0 Å². The van der Waals surface area contributed by atoms with Crippen LogP contribution in [0.5, 0.6) is 0 Å². The van der Waals surface area contributed by atoms with Crippen LogP contribution in [-0.2, 0) is 0 Å². The Morgan fingerprint density at radius 3 is 2.52 bits per heavy atom. The van der Waals surface area contributed by atoms with Gasteiger partial charge in [0, 0.05) is 4.43 Å². The zero-order valence-corrected chi connectivity index (χ0v) is 22.1. The minimum absolute atomic E-state index is 0.549. The molecule has 0 N–H and O–H groups in total. The smallest absolute Gasteiger partial charge is 0.00267 e. The van der Waals surface area contributed by atoms with Crippen molar-refractivity contribution in [3.05, 3.63) is 11.6 Å². The summed E-state index contributed by atoms with van der Waals surface area (Å²) in [5, 5.41) is 0. The van der Waals surface area contributed by atoms with Crippen molar-refractivity contribution in [2.75, 3.05) is 4.43 Å². The molecule has 0 amide bonds. The van der Waals surface area contributed by atoms with Gasteiger partial charge in [-0.05, 0) is 104 Å². The van der Waals surface area contributed by atoms with Crippen molar-refractivity contribution in [2.24, 2.45) is 52.3 Å². The lowest BCUT2D eigenvalue weighted by molar-refractivity contribution is -0.0521. The fourth-order valence-electron chi connectivity index (χ4n) is 8.89. The first-order chi connectivity index (χ1) is 13.8. The van der Waals surface area contributed by atoms with Crippen LogP contribution in [0.4, 0.5) is 0 Å². The van der Waals surface area contributed by atoms with E-state index >= 15 is 0 Å². The van der Waals surface area contributed by atoms with Crippen molar-refractivity contribution in [3.8, 4) is 0 Å². The van der Waals surface area contributed by atoms with Crippen LogP contribution in [0.3, 0.4) is 0 Å². The first-order valence-electron chi connectivity index (χ1n) is 13.0. The number of fused-ring (bicyclic) bond motifs is 5. The molecule has 0 aliphatic heterocycles. The summed E-state index contributed by atoms with van der Waals surface area (Å²) in [6, 6.07) is 0. The van der Waals surface area contributed by atoms with Crippen molar-refractivity contribution in [3.63, 3.8) is 0 Å². The zero-order valence-electron chi connectivity index (χ0n) is 20.0. The van der Waals surface area contributed by atoms with Crippen molar-refractivity contribution in [2.45, 2.75) is 105 Å². The predicted molar refractivity (Wildman–Crippen MR) is 135 cm³/mol. The maximum atomic E-state index is 2.77. The summed E-state index contributed by atoms with van der Waals surface area (Å²) < 4.78 is 1.36. The number of halogens is 1. The van der Waals surface area contributed by atoms with E-state index in [1.807, 2.05) is 5.57 Å². The molecule has 0 heterocycles. The van der Waals surface area contributed by atoms with E-state index in [1.54, 1.807) is 0 Å². The van der Waals surface area contributed by atoms with E-state index in [0.29, 0.717) is 10.8 Å². The second-order valence-electron chi connectivity index (χ2n) is 12.6. The van der Waals surface area contributed by atoms with E-state index in [4.69, 9.17) is 0 Å². The topological polar surface area (TPSA) is 0 Å². The Hall–Kier alpha value is 0.470. The number of rotatable bonds is 6. The average molecular weight is 511 g/mol. The number of allylic oxidation sites excluding steroid dienone is 2. The van der Waals surface area contributed by atoms with Crippen LogP contribution in [0.2, 0.25) is 0 Å². The molecular formula is C28H47I. The summed E-state index contributed by atoms with van der Waals surface area (Å²) in [4.78, 5) is 0. The summed E-state index contributed by atoms with van der Waals surface area (Å²) >= 11 is 2.63. The molecule has 0 aromatic heterocycles. The lowest BCUT2D eigenvalue weighted by Crippen LogP contribution is -2.50. The Balaban J connectivity index is 1.48. The number of alkyl halides is 1. The third kappa shape index (κ3) is 4.02. The van der Waals surface area contributed by atoms with Gasteiger partial charge in [-0.1, -0.05) is 88.1 Å². The van der Waals surface area contributed by atoms with Crippen LogP contribution in [0.15, 0.2) is 11.6 Å². The molecule has 29 heavy (non-hydrogen) atoms. The van der Waals surface area contributed by atoms with E-state index in [2.05, 4.69) is 63.3 Å². The normalized spacial score (nSPS) is 45.3. The molecule has 0 radical (unpaired) electrons. The van der Waals surface area contributed by atoms with E-state index in [-0.39, 0.29) is 0 Å². The molecule has 8 atom stereocenters. The van der Waals surface area contributed by atoms with E-state index in [0.717, 1.165) is 41.4 Å². The van der Waals surface area contributed by atoms with Crippen LogP contribution in [-0.4, -0.2) is 4.43 Å². The summed E-state index contributed by atoms with van der Waals surface area (Å²) in [5.74, 6) is 6.75. The summed E-state index contributed by atoms with van der Waals surface area (Å²) in [6.07, 6.45) is 19.0. The lowest BCUT2D eigenvalue weighted by atomic mass is 9.46. The number of hydrogen-bond donors (Lipinski definition) is 0. The highest BCUT2D eigenvalue weighted by molar-refractivity contribution is 14.1. The van der Waals surface area contributed by atoms with Crippen molar-refractivity contribution in [1.29, 1.82) is 0 Å². The van der Waals surface area contributed by atoms with E-state index in [1.165, 1.54) is 75.1 Å². The minimum Gasteiger partial charge on any atom is -0.0861 e. The molecule has 1 heteroatoms. The van der Waals surface area contributed by atoms with E-state index < -0.39 is 0 Å². The molecule has 0 spiro atoms. The van der Waals surface area contributed by atoms with Crippen LogP contribution in [0.1, 0.15) is 105 Å². The standard InChI is InChI=1S/C28H47I/c1-19(2)7-6-8-20(3)24-11-12-25-23-10-9-22-17-21(18-29)13-15-27(22,4)26(23)14-16-28(24,25)5/h9,19-21,23-26H,6-8,10-18H2,1-5H3/t20-,21+,23+,24-,25+,26+,27+,28-/m1/s1. The molecular weight excluding hydrogens is 463 g/mol. The molecule has 3 saturated carbocycles. The van der Waals surface area contributed by atoms with Crippen molar-refractivity contribution >= 4 is 22.6 Å². The van der Waals surface area contributed by atoms with Gasteiger partial charge in [-0.25, -0.2) is 0 Å². The van der Waals surface area contributed by atoms with Gasteiger partial charge in [-0.2, -0.15) is 0 Å². The Bertz CT molecular complexity index is 605. The largest absolute Gasteiger partial charge is 0.0861 e. The summed E-state index contributed by atoms with van der Waals surface area (Å²) in [5.41, 5.74) is 3.07. The molecule has 4 aliphatic carbocycles. The molecule has 0 aromatic rings. The molecule has 3 fully saturated rings. The van der Waals surface area contributed by atoms with Gasteiger partial charge >= 0.3 is 0 Å². The molecule has 0 bridgehead atoms. The molecule has 166 valence electrons. The van der Waals surface area contributed by atoms with Crippen LogP contribution >= 0.6 is 22.6 Å². The molecule has 0 aromatic carbocycles. The second kappa shape index (κ2) is 8.78. The Kier molecular flexibility index (Phi) is 6.86. The van der Waals surface area contributed by atoms with Gasteiger partial charge in [0.15, 0.2) is 0 Å². The molecule has 0 nitrogen and oxygen atoms in total. The lowest BCUT2D eigenvalue weighted by Gasteiger charge is -2.58. The Morgan fingerprint density at radius 2 is 1.79 bits per heavy atom. The van der Waals surface area contributed by atoms with E-state index in [9.17, 15) is 0 Å². The predicted octanol–water partition coefficient (Wildman–Crippen LogP) is 9.08. The SMILES string of the molecule is CC(C)CCC[C@@H](C)[C@H]1CC[C@H]2[C@@H]3CC=C4C[C@@H](CI)CC[C@]4(C)[C@H]3CC[C@]12C. The second-order valence-corrected chi connectivity index (χ2v) is 13.4. The Morgan fingerprint density at radius 1 is 1.00 bits per heavy atom. The van der Waals surface area contributed by atoms with Gasteiger partial charge in [0.25, 0.3) is 0 Å². The highest BCUT2D eigenvalue weighted by Crippen LogP contribution is 2.67. The van der Waals surface area contributed by atoms with Crippen LogP contribution in [0.25, 0.3) is 0 Å². The average Bonchev–Trinajstić information content (AvgIpc) is 3.04. The van der Waals surface area contributed by atoms with Crippen LogP contribution in [0, 0.1) is 52.3 Å². The highest BCUT2D eigenvalue weighted by Gasteiger charge is 2.59. The quantitative estimate of drug-likeness (QED) is 0.190. The first kappa shape index (κ1) is 22.7. The third-order valence-corrected chi connectivity index (χ3v) is 11.9.